The van der Waals surface area contributed by atoms with Crippen molar-refractivity contribution in [3.63, 3.8) is 0 Å². The number of rotatable bonds is 3. The fourth-order valence-electron chi connectivity index (χ4n) is 2.69. The maximum atomic E-state index is 5.91. The molecule has 2 N–H and O–H groups in total. The van der Waals surface area contributed by atoms with Crippen LogP contribution in [-0.4, -0.2) is 30.1 Å². The van der Waals surface area contributed by atoms with Gasteiger partial charge in [-0.05, 0) is 31.2 Å². The Morgan fingerprint density at radius 2 is 2.07 bits per heavy atom. The molecule has 0 aromatic heterocycles. The Hall–Kier alpha value is -0.0800. The van der Waals surface area contributed by atoms with Crippen molar-refractivity contribution in [2.45, 2.75) is 59.0 Å². The van der Waals surface area contributed by atoms with Crippen LogP contribution in [0.1, 0.15) is 47.0 Å². The normalized spacial score (nSPS) is 26.8. The van der Waals surface area contributed by atoms with Gasteiger partial charge in [0.25, 0.3) is 0 Å². The zero-order valence-electron chi connectivity index (χ0n) is 10.2. The lowest BCUT2D eigenvalue weighted by Gasteiger charge is -2.40. The molecule has 1 aliphatic heterocycles. The zero-order chi connectivity index (χ0) is 10.8. The highest BCUT2D eigenvalue weighted by Gasteiger charge is 2.35. The van der Waals surface area contributed by atoms with Crippen molar-refractivity contribution in [3.8, 4) is 0 Å². The number of nitrogens with zero attached hydrogens (tertiary/aromatic N) is 1. The standard InChI is InChI=1S/C12H26N2/c1-5-10-7-6-8-14(10)11(9-13)12(2,3)4/h10-11H,5-9,13H2,1-4H3. The van der Waals surface area contributed by atoms with Crippen molar-refractivity contribution in [1.82, 2.24) is 4.90 Å². The molecule has 0 radical (unpaired) electrons. The molecule has 1 saturated heterocycles. The van der Waals surface area contributed by atoms with Crippen molar-refractivity contribution in [1.29, 1.82) is 0 Å². The van der Waals surface area contributed by atoms with Crippen LogP contribution < -0.4 is 5.73 Å². The van der Waals surface area contributed by atoms with Crippen LogP contribution in [-0.2, 0) is 0 Å². The summed E-state index contributed by atoms with van der Waals surface area (Å²) < 4.78 is 0. The number of hydrogen-bond acceptors (Lipinski definition) is 2. The smallest absolute Gasteiger partial charge is 0.0269 e. The summed E-state index contributed by atoms with van der Waals surface area (Å²) in [6.07, 6.45) is 3.99. The molecule has 2 heteroatoms. The summed E-state index contributed by atoms with van der Waals surface area (Å²) in [5.41, 5.74) is 6.23. The Kier molecular flexibility index (Phi) is 3.96. The number of nitrogens with two attached hydrogens (primary N) is 1. The van der Waals surface area contributed by atoms with Crippen LogP contribution in [0.15, 0.2) is 0 Å². The predicted molar refractivity (Wildman–Crippen MR) is 62.3 cm³/mol. The minimum Gasteiger partial charge on any atom is -0.329 e. The van der Waals surface area contributed by atoms with E-state index in [9.17, 15) is 0 Å². The third-order valence-corrected chi connectivity index (χ3v) is 3.52. The largest absolute Gasteiger partial charge is 0.329 e. The fourth-order valence-corrected chi connectivity index (χ4v) is 2.69. The molecule has 0 aromatic carbocycles. The third-order valence-electron chi connectivity index (χ3n) is 3.52. The minimum absolute atomic E-state index is 0.312. The van der Waals surface area contributed by atoms with Crippen LogP contribution in [0.4, 0.5) is 0 Å². The molecule has 0 saturated carbocycles. The van der Waals surface area contributed by atoms with Gasteiger partial charge in [0.1, 0.15) is 0 Å². The Labute approximate surface area is 88.8 Å². The van der Waals surface area contributed by atoms with E-state index in [2.05, 4.69) is 32.6 Å². The van der Waals surface area contributed by atoms with Gasteiger partial charge in [0.2, 0.25) is 0 Å². The van der Waals surface area contributed by atoms with E-state index in [0.29, 0.717) is 11.5 Å². The van der Waals surface area contributed by atoms with Crippen LogP contribution >= 0.6 is 0 Å². The lowest BCUT2D eigenvalue weighted by Crippen LogP contribution is -2.50. The minimum atomic E-state index is 0.312. The molecule has 14 heavy (non-hydrogen) atoms. The number of likely N-dealkylation sites (tertiary alicyclic amines) is 1. The topological polar surface area (TPSA) is 29.3 Å². The van der Waals surface area contributed by atoms with E-state index in [1.54, 1.807) is 0 Å². The molecule has 0 spiro atoms. The Morgan fingerprint density at radius 3 is 2.50 bits per heavy atom. The van der Waals surface area contributed by atoms with E-state index in [-0.39, 0.29) is 0 Å². The lowest BCUT2D eigenvalue weighted by molar-refractivity contribution is 0.0911. The second-order valence-electron chi connectivity index (χ2n) is 5.56. The molecule has 1 aliphatic rings. The van der Waals surface area contributed by atoms with Gasteiger partial charge in [-0.1, -0.05) is 27.7 Å². The molecule has 84 valence electrons. The van der Waals surface area contributed by atoms with Gasteiger partial charge in [-0.2, -0.15) is 0 Å². The fraction of sp³-hybridized carbons (Fsp3) is 1.00. The molecule has 1 rings (SSSR count). The lowest BCUT2D eigenvalue weighted by atomic mass is 9.85. The highest BCUT2D eigenvalue weighted by atomic mass is 15.2. The second kappa shape index (κ2) is 4.63. The van der Waals surface area contributed by atoms with E-state index in [1.165, 1.54) is 25.8 Å². The molecule has 1 fully saturated rings. The van der Waals surface area contributed by atoms with Crippen molar-refractivity contribution < 1.29 is 0 Å². The molecule has 1 heterocycles. The molecule has 0 aromatic rings. The van der Waals surface area contributed by atoms with Gasteiger partial charge in [-0.15, -0.1) is 0 Å². The quantitative estimate of drug-likeness (QED) is 0.753. The molecule has 2 unspecified atom stereocenters. The molecule has 2 nitrogen and oxygen atoms in total. The van der Waals surface area contributed by atoms with E-state index in [0.717, 1.165) is 12.6 Å². The average Bonchev–Trinajstić information content (AvgIpc) is 2.51. The van der Waals surface area contributed by atoms with Crippen molar-refractivity contribution >= 4 is 0 Å². The molecular formula is C12H26N2. The zero-order valence-corrected chi connectivity index (χ0v) is 10.2. The maximum absolute atomic E-state index is 5.91. The van der Waals surface area contributed by atoms with Crippen LogP contribution in [0, 0.1) is 5.41 Å². The Morgan fingerprint density at radius 1 is 1.43 bits per heavy atom. The van der Waals surface area contributed by atoms with Crippen molar-refractivity contribution in [2.75, 3.05) is 13.1 Å². The summed E-state index contributed by atoms with van der Waals surface area (Å²) in [6, 6.07) is 1.33. The Bertz CT molecular complexity index is 172. The molecule has 0 amide bonds. The first-order chi connectivity index (χ1) is 6.50. The van der Waals surface area contributed by atoms with Gasteiger partial charge < -0.3 is 5.73 Å². The monoisotopic (exact) mass is 198 g/mol. The summed E-state index contributed by atoms with van der Waals surface area (Å²) in [5.74, 6) is 0. The van der Waals surface area contributed by atoms with E-state index in [4.69, 9.17) is 5.73 Å². The van der Waals surface area contributed by atoms with Crippen LogP contribution in [0.25, 0.3) is 0 Å². The van der Waals surface area contributed by atoms with Crippen molar-refractivity contribution in [2.24, 2.45) is 11.1 Å². The van der Waals surface area contributed by atoms with Gasteiger partial charge in [0, 0.05) is 18.6 Å². The highest BCUT2D eigenvalue weighted by molar-refractivity contribution is 4.90. The summed E-state index contributed by atoms with van der Waals surface area (Å²) in [7, 11) is 0. The first-order valence-corrected chi connectivity index (χ1v) is 5.96. The third kappa shape index (κ3) is 2.48. The molecule has 0 bridgehead atoms. The first-order valence-electron chi connectivity index (χ1n) is 5.96. The molecular weight excluding hydrogens is 172 g/mol. The summed E-state index contributed by atoms with van der Waals surface area (Å²) in [5, 5.41) is 0. The Balaban J connectivity index is 2.68. The van der Waals surface area contributed by atoms with E-state index < -0.39 is 0 Å². The average molecular weight is 198 g/mol. The summed E-state index contributed by atoms with van der Waals surface area (Å²) in [4.78, 5) is 2.64. The van der Waals surface area contributed by atoms with Gasteiger partial charge >= 0.3 is 0 Å². The molecule has 0 aliphatic carbocycles. The maximum Gasteiger partial charge on any atom is 0.0269 e. The van der Waals surface area contributed by atoms with Gasteiger partial charge in [-0.25, -0.2) is 0 Å². The van der Waals surface area contributed by atoms with E-state index in [1.807, 2.05) is 0 Å². The van der Waals surface area contributed by atoms with Gasteiger partial charge in [0.05, 0.1) is 0 Å². The van der Waals surface area contributed by atoms with Crippen molar-refractivity contribution in [3.05, 3.63) is 0 Å². The van der Waals surface area contributed by atoms with Crippen LogP contribution in [0.3, 0.4) is 0 Å². The molecule has 2 atom stereocenters. The predicted octanol–water partition coefficient (Wildman–Crippen LogP) is 2.23. The van der Waals surface area contributed by atoms with Crippen LogP contribution in [0.5, 0.6) is 0 Å². The van der Waals surface area contributed by atoms with Crippen LogP contribution in [0.2, 0.25) is 0 Å². The highest BCUT2D eigenvalue weighted by Crippen LogP contribution is 2.30. The van der Waals surface area contributed by atoms with Gasteiger partial charge in [-0.3, -0.25) is 4.90 Å². The number of hydrogen-bond donors (Lipinski definition) is 1. The van der Waals surface area contributed by atoms with E-state index >= 15 is 0 Å². The summed E-state index contributed by atoms with van der Waals surface area (Å²) in [6.45, 7) is 11.2. The SMILES string of the molecule is CCC1CCCN1C(CN)C(C)(C)C. The first kappa shape index (κ1) is 12.0. The second-order valence-corrected chi connectivity index (χ2v) is 5.56. The summed E-state index contributed by atoms with van der Waals surface area (Å²) >= 11 is 0. The van der Waals surface area contributed by atoms with Gasteiger partial charge in [0.15, 0.2) is 0 Å².